The van der Waals surface area contributed by atoms with Crippen LogP contribution in [0.3, 0.4) is 0 Å². The molecule has 3 N–H and O–H groups in total. The number of benzene rings is 1. The lowest BCUT2D eigenvalue weighted by molar-refractivity contribution is -0.178. The molecule has 150 valence electrons. The van der Waals surface area contributed by atoms with E-state index in [-0.39, 0.29) is 29.1 Å². The molecule has 1 fully saturated rings. The van der Waals surface area contributed by atoms with Gasteiger partial charge in [-0.1, -0.05) is 30.0 Å². The molecule has 2 heterocycles. The molecule has 1 aliphatic carbocycles. The van der Waals surface area contributed by atoms with Crippen LogP contribution in [0.5, 0.6) is 0 Å². The quantitative estimate of drug-likeness (QED) is 0.673. The van der Waals surface area contributed by atoms with Crippen LogP contribution in [-0.4, -0.2) is 17.2 Å². The summed E-state index contributed by atoms with van der Waals surface area (Å²) in [5.41, 5.74) is -1.33. The molecule has 0 radical (unpaired) electrons. The first-order chi connectivity index (χ1) is 13.7. The van der Waals surface area contributed by atoms with Gasteiger partial charge < -0.3 is 15.6 Å². The highest BCUT2D eigenvalue weighted by atomic mass is 19.4. The van der Waals surface area contributed by atoms with Crippen molar-refractivity contribution in [3.05, 3.63) is 63.1 Å². The predicted molar refractivity (Wildman–Crippen MR) is 101 cm³/mol. The highest BCUT2D eigenvalue weighted by molar-refractivity contribution is 5.95. The summed E-state index contributed by atoms with van der Waals surface area (Å²) in [7, 11) is 0. The summed E-state index contributed by atoms with van der Waals surface area (Å²) in [6.07, 6.45) is -3.04. The number of aromatic amines is 1. The van der Waals surface area contributed by atoms with E-state index in [0.29, 0.717) is 16.8 Å². The summed E-state index contributed by atoms with van der Waals surface area (Å²) in [5.74, 6) is 4.89. The minimum Gasteiger partial charge on any atom is -0.326 e. The lowest BCUT2D eigenvalue weighted by Gasteiger charge is -2.37. The minimum atomic E-state index is -4.79. The lowest BCUT2D eigenvalue weighted by Crippen LogP contribution is -2.59. The van der Waals surface area contributed by atoms with E-state index in [1.807, 2.05) is 5.32 Å². The Balaban J connectivity index is 1.77. The van der Waals surface area contributed by atoms with Crippen molar-refractivity contribution in [3.8, 4) is 11.8 Å². The molecule has 0 bridgehead atoms. The number of amides is 2. The van der Waals surface area contributed by atoms with Gasteiger partial charge in [0.05, 0.1) is 0 Å². The zero-order valence-corrected chi connectivity index (χ0v) is 15.5. The second kappa shape index (κ2) is 6.69. The van der Waals surface area contributed by atoms with Gasteiger partial charge in [-0.15, -0.1) is 0 Å². The van der Waals surface area contributed by atoms with Crippen LogP contribution in [0.15, 0.2) is 35.1 Å². The van der Waals surface area contributed by atoms with Crippen molar-refractivity contribution in [2.24, 2.45) is 5.92 Å². The van der Waals surface area contributed by atoms with Gasteiger partial charge in [-0.2, -0.15) is 13.2 Å². The number of rotatable bonds is 2. The molecular weight excluding hydrogens is 383 g/mol. The molecule has 1 atom stereocenters. The Morgan fingerprint density at radius 3 is 2.59 bits per heavy atom. The highest BCUT2D eigenvalue weighted by Crippen LogP contribution is 2.44. The third kappa shape index (κ3) is 3.60. The summed E-state index contributed by atoms with van der Waals surface area (Å²) in [6, 6.07) is 6.76. The van der Waals surface area contributed by atoms with E-state index < -0.39 is 17.7 Å². The fourth-order valence-electron chi connectivity index (χ4n) is 3.32. The normalized spacial score (nSPS) is 20.8. The number of hydrogen-bond acceptors (Lipinski definition) is 2. The van der Waals surface area contributed by atoms with Crippen LogP contribution in [0.2, 0.25) is 0 Å². The van der Waals surface area contributed by atoms with Gasteiger partial charge in [0, 0.05) is 34.8 Å². The maximum atomic E-state index is 14.1. The van der Waals surface area contributed by atoms with E-state index in [4.69, 9.17) is 0 Å². The first kappa shape index (κ1) is 19.1. The van der Waals surface area contributed by atoms with Crippen LogP contribution in [0.4, 0.5) is 23.7 Å². The van der Waals surface area contributed by atoms with E-state index in [2.05, 4.69) is 22.1 Å². The van der Waals surface area contributed by atoms with Crippen LogP contribution in [-0.2, 0) is 12.0 Å². The molecule has 4 rings (SSSR count). The molecule has 2 aliphatic rings. The van der Waals surface area contributed by atoms with Gasteiger partial charge >= 0.3 is 12.2 Å². The molecule has 0 saturated heterocycles. The van der Waals surface area contributed by atoms with Gasteiger partial charge in [0.1, 0.15) is 0 Å². The Morgan fingerprint density at radius 2 is 1.93 bits per heavy atom. The summed E-state index contributed by atoms with van der Waals surface area (Å²) in [4.78, 5) is 26.8. The molecular formula is C21H18F3N3O2. The number of aromatic nitrogens is 1. The third-order valence-electron chi connectivity index (χ3n) is 5.04. The molecule has 1 aromatic heterocycles. The van der Waals surface area contributed by atoms with E-state index in [1.165, 1.54) is 18.2 Å². The number of hydrogen-bond donors (Lipinski definition) is 3. The van der Waals surface area contributed by atoms with Gasteiger partial charge in [0.15, 0.2) is 0 Å². The largest absolute Gasteiger partial charge is 0.427 e. The Morgan fingerprint density at radius 1 is 1.17 bits per heavy atom. The summed E-state index contributed by atoms with van der Waals surface area (Å²) in [6.45, 7) is 1.76. The van der Waals surface area contributed by atoms with Crippen LogP contribution in [0.25, 0.3) is 0 Å². The number of halogens is 3. The molecule has 29 heavy (non-hydrogen) atoms. The summed E-state index contributed by atoms with van der Waals surface area (Å²) in [5, 5.41) is 4.43. The average Bonchev–Trinajstić information content (AvgIpc) is 3.45. The summed E-state index contributed by atoms with van der Waals surface area (Å²) < 4.78 is 42.2. The number of nitrogens with one attached hydrogen (secondary N) is 3. The Bertz CT molecular complexity index is 1110. The van der Waals surface area contributed by atoms with Crippen molar-refractivity contribution in [2.45, 2.75) is 37.9 Å². The monoisotopic (exact) mass is 401 g/mol. The van der Waals surface area contributed by atoms with Gasteiger partial charge in [0.25, 0.3) is 5.56 Å². The summed E-state index contributed by atoms with van der Waals surface area (Å²) >= 11 is 0. The number of fused-ring (bicyclic) bond motifs is 1. The van der Waals surface area contributed by atoms with Gasteiger partial charge in [-0.25, -0.2) is 4.79 Å². The topological polar surface area (TPSA) is 74.0 Å². The van der Waals surface area contributed by atoms with Crippen LogP contribution in [0, 0.1) is 24.7 Å². The zero-order chi connectivity index (χ0) is 20.8. The van der Waals surface area contributed by atoms with Crippen molar-refractivity contribution in [2.75, 3.05) is 5.32 Å². The maximum Gasteiger partial charge on any atom is 0.427 e. The number of H-pyrrole nitrogens is 1. The van der Waals surface area contributed by atoms with Gasteiger partial charge in [-0.3, -0.25) is 4.79 Å². The Kier molecular flexibility index (Phi) is 4.41. The number of aryl methyl sites for hydroxylation is 1. The lowest BCUT2D eigenvalue weighted by atomic mass is 9.85. The molecule has 0 unspecified atom stereocenters. The average molecular weight is 401 g/mol. The smallest absolute Gasteiger partial charge is 0.326 e. The van der Waals surface area contributed by atoms with E-state index in [9.17, 15) is 22.8 Å². The van der Waals surface area contributed by atoms with Crippen molar-refractivity contribution in [1.29, 1.82) is 0 Å². The third-order valence-corrected chi connectivity index (χ3v) is 5.04. The van der Waals surface area contributed by atoms with E-state index >= 15 is 0 Å². The predicted octanol–water partition coefficient (Wildman–Crippen LogP) is 3.58. The molecule has 8 heteroatoms. The molecule has 1 aliphatic heterocycles. The number of carbonyl (C=O) groups is 1. The maximum absolute atomic E-state index is 14.1. The van der Waals surface area contributed by atoms with E-state index in [1.54, 1.807) is 19.1 Å². The molecule has 2 aromatic rings. The van der Waals surface area contributed by atoms with Crippen LogP contribution in [0.1, 0.15) is 35.2 Å². The first-order valence-corrected chi connectivity index (χ1v) is 9.19. The standard InChI is InChI=1S/C21H18F3N3O2/c1-12-2-6-15(18(28)25-12)10-14-5-7-16-17(11-14)26-19(29)27-20(16,21(22,23)24)9-8-13-3-4-13/h2,5-7,11,13H,3-4,10H2,1H3,(H,25,28)(H2,26,27,29)/t20-/m0/s1. The SMILES string of the molecule is Cc1ccc(Cc2ccc3c(c2)NC(=O)N[C@]3(C#CC2CC2)C(F)(F)F)c(=O)[nH]1. The fraction of sp³-hybridized carbons (Fsp3) is 0.333. The number of carbonyl (C=O) groups excluding carboxylic acids is 1. The van der Waals surface area contributed by atoms with Crippen LogP contribution < -0.4 is 16.2 Å². The zero-order valence-electron chi connectivity index (χ0n) is 15.5. The number of alkyl halides is 3. The molecule has 0 spiro atoms. The number of pyridine rings is 1. The molecule has 1 saturated carbocycles. The van der Waals surface area contributed by atoms with Crippen molar-refractivity contribution < 1.29 is 18.0 Å². The fourth-order valence-corrected chi connectivity index (χ4v) is 3.32. The Labute approximate surface area is 164 Å². The Hall–Kier alpha value is -3.21. The van der Waals surface area contributed by atoms with Crippen molar-refractivity contribution >= 4 is 11.7 Å². The van der Waals surface area contributed by atoms with Gasteiger partial charge in [0.2, 0.25) is 5.54 Å². The minimum absolute atomic E-state index is 0.0391. The first-order valence-electron chi connectivity index (χ1n) is 9.19. The van der Waals surface area contributed by atoms with Crippen LogP contribution >= 0.6 is 0 Å². The number of anilines is 1. The van der Waals surface area contributed by atoms with Gasteiger partial charge in [-0.05, 0) is 37.5 Å². The van der Waals surface area contributed by atoms with Crippen molar-refractivity contribution in [1.82, 2.24) is 10.3 Å². The van der Waals surface area contributed by atoms with E-state index in [0.717, 1.165) is 12.8 Å². The van der Waals surface area contributed by atoms with Crippen molar-refractivity contribution in [3.63, 3.8) is 0 Å². The second-order valence-corrected chi connectivity index (χ2v) is 7.42. The molecule has 5 nitrogen and oxygen atoms in total. The molecule has 1 aromatic carbocycles. The second-order valence-electron chi connectivity index (χ2n) is 7.42. The molecule has 2 amide bonds. The highest BCUT2D eigenvalue weighted by Gasteiger charge is 2.59. The number of urea groups is 1.